The van der Waals surface area contributed by atoms with Crippen LogP contribution in [0.15, 0.2) is 114 Å². The number of aryl methyl sites for hydroxylation is 3. The summed E-state index contributed by atoms with van der Waals surface area (Å²) in [4.78, 5) is 40.2. The van der Waals surface area contributed by atoms with Crippen LogP contribution in [-0.2, 0) is 35.4 Å². The second-order valence-electron chi connectivity index (χ2n) is 14.5. The Balaban J connectivity index is 1.13. The van der Waals surface area contributed by atoms with Crippen LogP contribution in [-0.4, -0.2) is 53.7 Å². The molecule has 3 atom stereocenters. The molecular weight excluding hydrogens is 719 g/mol. The Morgan fingerprint density at radius 2 is 1.63 bits per heavy atom. The van der Waals surface area contributed by atoms with Gasteiger partial charge in [-0.3, -0.25) is 9.59 Å². The van der Waals surface area contributed by atoms with Gasteiger partial charge in [0.2, 0.25) is 17.7 Å². The van der Waals surface area contributed by atoms with E-state index >= 15 is 0 Å². The molecule has 292 valence electrons. The summed E-state index contributed by atoms with van der Waals surface area (Å²) in [6.45, 7) is 4.27. The van der Waals surface area contributed by atoms with Gasteiger partial charge in [-0.05, 0) is 83.8 Å². The number of rotatable bonds is 16. The molecule has 7 aromatic rings. The van der Waals surface area contributed by atoms with E-state index in [1.54, 1.807) is 29.1 Å². The standard InChI is InChI=1S/C44H47N9O4/c1-27-21-33(54)22-28(2)35(27)25-38(49-41(55)36(45)12-8-19-53-20-18-47-44(53)46)42(56)50-39(24-32-26-48-37-13-7-6-11-34(32)37)43-51-40(52-57-43)23-29-14-16-31(17-15-29)30-9-4-3-5-10-30/h3-7,9-11,13-18,20-22,26,36,38-39,48,54H,8,12,19,23-25,45H2,1-2H3,(H2,46,47)(H,49,55)(H,50,56)/t36-,38+,39+/m1/s1. The number of anilines is 1. The van der Waals surface area contributed by atoms with Crippen molar-refractivity contribution in [2.75, 3.05) is 5.73 Å². The van der Waals surface area contributed by atoms with Crippen LogP contribution in [0, 0.1) is 13.8 Å². The Hall–Kier alpha value is -6.73. The number of imidazole rings is 1. The fraction of sp³-hybridized carbons (Fsp3) is 0.250. The number of H-pyrrole nitrogens is 1. The highest BCUT2D eigenvalue weighted by Gasteiger charge is 2.30. The van der Waals surface area contributed by atoms with Crippen LogP contribution in [0.1, 0.15) is 58.4 Å². The number of nitrogens with one attached hydrogen (secondary N) is 3. The van der Waals surface area contributed by atoms with Crippen molar-refractivity contribution in [3.8, 4) is 16.9 Å². The van der Waals surface area contributed by atoms with Crippen molar-refractivity contribution in [1.29, 1.82) is 0 Å². The number of phenols is 1. The van der Waals surface area contributed by atoms with Crippen molar-refractivity contribution in [3.05, 3.63) is 149 Å². The van der Waals surface area contributed by atoms with Crippen molar-refractivity contribution < 1.29 is 19.2 Å². The summed E-state index contributed by atoms with van der Waals surface area (Å²) >= 11 is 0. The number of fused-ring (bicyclic) bond motifs is 1. The number of nitrogens with zero attached hydrogens (tertiary/aromatic N) is 4. The number of amides is 2. The Kier molecular flexibility index (Phi) is 11.8. The van der Waals surface area contributed by atoms with Crippen LogP contribution in [0.2, 0.25) is 0 Å². The molecule has 2 amide bonds. The number of carbonyl (C=O) groups excluding carboxylic acids is 2. The molecule has 0 spiro atoms. The quantitative estimate of drug-likeness (QED) is 0.0698. The van der Waals surface area contributed by atoms with E-state index in [4.69, 9.17) is 21.0 Å². The van der Waals surface area contributed by atoms with E-state index in [2.05, 4.69) is 50.0 Å². The molecule has 0 saturated heterocycles. The van der Waals surface area contributed by atoms with Gasteiger partial charge in [-0.15, -0.1) is 0 Å². The number of phenolic OH excluding ortho intramolecular Hbond substituents is 1. The molecule has 3 aromatic heterocycles. The van der Waals surface area contributed by atoms with Crippen molar-refractivity contribution in [3.63, 3.8) is 0 Å². The topological polar surface area (TPSA) is 203 Å². The van der Waals surface area contributed by atoms with Gasteiger partial charge in [-0.1, -0.05) is 78.0 Å². The van der Waals surface area contributed by atoms with Gasteiger partial charge >= 0.3 is 0 Å². The molecule has 0 radical (unpaired) electrons. The fourth-order valence-electron chi connectivity index (χ4n) is 7.23. The zero-order valence-corrected chi connectivity index (χ0v) is 32.0. The van der Waals surface area contributed by atoms with Crippen LogP contribution >= 0.6 is 0 Å². The molecule has 0 unspecified atom stereocenters. The van der Waals surface area contributed by atoms with Gasteiger partial charge in [0, 0.05) is 55.3 Å². The summed E-state index contributed by atoms with van der Waals surface area (Å²) in [6, 6.07) is 26.9. The molecule has 57 heavy (non-hydrogen) atoms. The largest absolute Gasteiger partial charge is 0.508 e. The Bertz CT molecular complexity index is 2430. The lowest BCUT2D eigenvalue weighted by Crippen LogP contribution is -2.53. The Morgan fingerprint density at radius 3 is 2.37 bits per heavy atom. The molecule has 3 heterocycles. The summed E-state index contributed by atoms with van der Waals surface area (Å²) in [5.41, 5.74) is 19.8. The number of aromatic hydroxyl groups is 1. The monoisotopic (exact) mass is 765 g/mol. The molecule has 13 nitrogen and oxygen atoms in total. The van der Waals surface area contributed by atoms with E-state index in [1.807, 2.05) is 74.6 Å². The molecular formula is C44H47N9O4. The number of aromatic nitrogens is 5. The van der Waals surface area contributed by atoms with Crippen LogP contribution in [0.4, 0.5) is 5.95 Å². The first-order chi connectivity index (χ1) is 27.6. The van der Waals surface area contributed by atoms with E-state index < -0.39 is 29.9 Å². The first-order valence-corrected chi connectivity index (χ1v) is 19.0. The van der Waals surface area contributed by atoms with Crippen molar-refractivity contribution in [1.82, 2.24) is 35.3 Å². The minimum atomic E-state index is -1.02. The first-order valence-electron chi connectivity index (χ1n) is 19.0. The number of aromatic amines is 1. The molecule has 0 bridgehead atoms. The van der Waals surface area contributed by atoms with Gasteiger partial charge in [0.25, 0.3) is 0 Å². The number of para-hydroxylation sites is 1. The number of nitrogens with two attached hydrogens (primary N) is 2. The maximum absolute atomic E-state index is 14.5. The van der Waals surface area contributed by atoms with Gasteiger partial charge in [0.05, 0.1) is 6.04 Å². The van der Waals surface area contributed by atoms with Gasteiger partial charge in [-0.2, -0.15) is 4.98 Å². The van der Waals surface area contributed by atoms with E-state index in [0.717, 1.165) is 49.8 Å². The normalized spacial score (nSPS) is 13.0. The maximum Gasteiger partial charge on any atom is 0.249 e. The van der Waals surface area contributed by atoms with E-state index in [1.165, 1.54) is 0 Å². The second kappa shape index (κ2) is 17.4. The molecule has 0 aliphatic heterocycles. The van der Waals surface area contributed by atoms with Gasteiger partial charge < -0.3 is 41.3 Å². The zero-order valence-electron chi connectivity index (χ0n) is 32.0. The minimum Gasteiger partial charge on any atom is -0.508 e. The predicted molar refractivity (Wildman–Crippen MR) is 219 cm³/mol. The summed E-state index contributed by atoms with van der Waals surface area (Å²) in [6.07, 6.45) is 7.14. The van der Waals surface area contributed by atoms with Crippen LogP contribution in [0.3, 0.4) is 0 Å². The number of benzene rings is 4. The van der Waals surface area contributed by atoms with Gasteiger partial charge in [0.15, 0.2) is 11.8 Å². The van der Waals surface area contributed by atoms with E-state index in [-0.39, 0.29) is 18.1 Å². The highest BCUT2D eigenvalue weighted by atomic mass is 16.5. The summed E-state index contributed by atoms with van der Waals surface area (Å²) in [7, 11) is 0. The van der Waals surface area contributed by atoms with Crippen molar-refractivity contribution >= 4 is 28.7 Å². The maximum atomic E-state index is 14.5. The molecule has 0 aliphatic carbocycles. The molecule has 4 aromatic carbocycles. The third-order valence-corrected chi connectivity index (χ3v) is 10.3. The molecule has 7 rings (SSSR count). The lowest BCUT2D eigenvalue weighted by atomic mass is 9.95. The molecule has 0 aliphatic rings. The fourth-order valence-corrected chi connectivity index (χ4v) is 7.23. The molecule has 13 heteroatoms. The predicted octanol–water partition coefficient (Wildman–Crippen LogP) is 5.85. The van der Waals surface area contributed by atoms with Crippen LogP contribution in [0.5, 0.6) is 5.75 Å². The molecule has 0 saturated carbocycles. The highest BCUT2D eigenvalue weighted by Crippen LogP contribution is 2.27. The number of hydrogen-bond donors (Lipinski definition) is 6. The van der Waals surface area contributed by atoms with E-state index in [0.29, 0.717) is 44.0 Å². The first kappa shape index (κ1) is 38.5. The third-order valence-electron chi connectivity index (χ3n) is 10.3. The van der Waals surface area contributed by atoms with Crippen molar-refractivity contribution in [2.24, 2.45) is 5.73 Å². The highest BCUT2D eigenvalue weighted by molar-refractivity contribution is 5.90. The smallest absolute Gasteiger partial charge is 0.249 e. The summed E-state index contributed by atoms with van der Waals surface area (Å²) in [5.74, 6) is 0.306. The molecule has 0 fully saturated rings. The van der Waals surface area contributed by atoms with Crippen LogP contribution < -0.4 is 22.1 Å². The lowest BCUT2D eigenvalue weighted by molar-refractivity contribution is -0.130. The Labute approximate surface area is 330 Å². The van der Waals surface area contributed by atoms with E-state index in [9.17, 15) is 14.7 Å². The van der Waals surface area contributed by atoms with Crippen LogP contribution in [0.25, 0.3) is 22.0 Å². The van der Waals surface area contributed by atoms with Gasteiger partial charge in [0.1, 0.15) is 17.8 Å². The average molecular weight is 766 g/mol. The lowest BCUT2D eigenvalue weighted by Gasteiger charge is -2.24. The summed E-state index contributed by atoms with van der Waals surface area (Å²) < 4.78 is 7.66. The SMILES string of the molecule is Cc1cc(O)cc(C)c1C[C@H](NC(=O)[C@H](N)CCCn1ccnc1N)C(=O)N[C@@H](Cc1c[nH]c2ccccc12)c1nc(Cc2ccc(-c3ccccc3)cc2)no1. The number of hydrogen-bond acceptors (Lipinski definition) is 9. The number of nitrogen functional groups attached to an aromatic ring is 1. The van der Waals surface area contributed by atoms with Crippen molar-refractivity contribution in [2.45, 2.75) is 70.6 Å². The average Bonchev–Trinajstić information content (AvgIpc) is 3.96. The summed E-state index contributed by atoms with van der Waals surface area (Å²) in [5, 5.41) is 21.6. The zero-order chi connectivity index (χ0) is 39.9. The Morgan fingerprint density at radius 1 is 0.912 bits per heavy atom. The minimum absolute atomic E-state index is 0.123. The van der Waals surface area contributed by atoms with Gasteiger partial charge in [-0.25, -0.2) is 4.98 Å². The number of carbonyl (C=O) groups is 2. The second-order valence-corrected chi connectivity index (χ2v) is 14.5. The molecule has 8 N–H and O–H groups in total. The third kappa shape index (κ3) is 9.39.